The molecule has 0 aliphatic rings. The third-order valence-corrected chi connectivity index (χ3v) is 2.64. The van der Waals surface area contributed by atoms with Crippen LogP contribution >= 0.6 is 0 Å². The third-order valence-electron chi connectivity index (χ3n) is 2.64. The highest BCUT2D eigenvalue weighted by Gasteiger charge is 2.21. The molecule has 0 fully saturated rings. The zero-order valence-corrected chi connectivity index (χ0v) is 11.3. The fourth-order valence-corrected chi connectivity index (χ4v) is 1.87. The van der Waals surface area contributed by atoms with Crippen molar-refractivity contribution in [2.24, 2.45) is 7.05 Å². The standard InChI is InChI=1S/C13H19N5/c1-13(2,3)12-10(9-18(4)17-12)7-16-11-8-14-5-6-15-11/h5-6,8-9H,7H2,1-4H3,(H,15,16). The van der Waals surface area contributed by atoms with Gasteiger partial charge in [-0.3, -0.25) is 9.67 Å². The summed E-state index contributed by atoms with van der Waals surface area (Å²) in [6.45, 7) is 7.21. The summed E-state index contributed by atoms with van der Waals surface area (Å²) in [6.07, 6.45) is 7.10. The Hall–Kier alpha value is -1.91. The summed E-state index contributed by atoms with van der Waals surface area (Å²) in [5.41, 5.74) is 2.35. The van der Waals surface area contributed by atoms with Gasteiger partial charge in [-0.05, 0) is 0 Å². The largest absolute Gasteiger partial charge is 0.365 e. The fourth-order valence-electron chi connectivity index (χ4n) is 1.87. The van der Waals surface area contributed by atoms with Crippen molar-refractivity contribution in [3.8, 4) is 0 Å². The number of anilines is 1. The Morgan fingerprint density at radius 1 is 1.28 bits per heavy atom. The molecule has 0 unspecified atom stereocenters. The SMILES string of the molecule is Cn1cc(CNc2cnccn2)c(C(C)(C)C)n1. The summed E-state index contributed by atoms with van der Waals surface area (Å²) in [7, 11) is 1.95. The van der Waals surface area contributed by atoms with Crippen LogP contribution < -0.4 is 5.32 Å². The van der Waals surface area contributed by atoms with Gasteiger partial charge in [0.25, 0.3) is 0 Å². The molecule has 1 N–H and O–H groups in total. The van der Waals surface area contributed by atoms with E-state index in [0.717, 1.165) is 11.5 Å². The maximum atomic E-state index is 4.53. The second-order valence-electron chi connectivity index (χ2n) is 5.37. The molecule has 0 spiro atoms. The number of aryl methyl sites for hydroxylation is 1. The van der Waals surface area contributed by atoms with Gasteiger partial charge in [0.05, 0.1) is 11.9 Å². The molecule has 96 valence electrons. The van der Waals surface area contributed by atoms with Gasteiger partial charge in [-0.25, -0.2) is 4.98 Å². The lowest BCUT2D eigenvalue weighted by molar-refractivity contribution is 0.549. The summed E-state index contributed by atoms with van der Waals surface area (Å²) in [6, 6.07) is 0. The minimum Gasteiger partial charge on any atom is -0.365 e. The van der Waals surface area contributed by atoms with Crippen molar-refractivity contribution in [3.63, 3.8) is 0 Å². The van der Waals surface area contributed by atoms with E-state index in [1.165, 1.54) is 5.56 Å². The van der Waals surface area contributed by atoms with Crippen molar-refractivity contribution in [1.82, 2.24) is 19.7 Å². The van der Waals surface area contributed by atoms with Crippen molar-refractivity contribution in [2.45, 2.75) is 32.7 Å². The van der Waals surface area contributed by atoms with Crippen LogP contribution in [-0.4, -0.2) is 19.7 Å². The van der Waals surface area contributed by atoms with Crippen molar-refractivity contribution in [2.75, 3.05) is 5.32 Å². The lowest BCUT2D eigenvalue weighted by Crippen LogP contribution is -2.16. The van der Waals surface area contributed by atoms with Gasteiger partial charge in [0.15, 0.2) is 0 Å². The van der Waals surface area contributed by atoms with Gasteiger partial charge in [-0.2, -0.15) is 5.10 Å². The predicted octanol–water partition coefficient (Wildman–Crippen LogP) is 2.12. The fraction of sp³-hybridized carbons (Fsp3) is 0.462. The molecule has 0 amide bonds. The Labute approximate surface area is 107 Å². The Balaban J connectivity index is 2.15. The number of nitrogens with one attached hydrogen (secondary N) is 1. The minimum atomic E-state index is 0.0423. The van der Waals surface area contributed by atoms with Gasteiger partial charge in [-0.1, -0.05) is 20.8 Å². The molecule has 2 rings (SSSR count). The predicted molar refractivity (Wildman–Crippen MR) is 71.3 cm³/mol. The quantitative estimate of drug-likeness (QED) is 0.900. The van der Waals surface area contributed by atoms with Crippen LogP contribution in [0.3, 0.4) is 0 Å². The van der Waals surface area contributed by atoms with Crippen LogP contribution in [0.4, 0.5) is 5.82 Å². The first-order chi connectivity index (χ1) is 8.47. The Bertz CT molecular complexity index is 510. The van der Waals surface area contributed by atoms with Crippen molar-refractivity contribution in [3.05, 3.63) is 36.0 Å². The Morgan fingerprint density at radius 3 is 2.67 bits per heavy atom. The molecule has 0 aromatic carbocycles. The normalized spacial score (nSPS) is 11.6. The second kappa shape index (κ2) is 4.76. The van der Waals surface area contributed by atoms with Crippen LogP contribution in [0.5, 0.6) is 0 Å². The van der Waals surface area contributed by atoms with Crippen LogP contribution in [0.2, 0.25) is 0 Å². The number of nitrogens with zero attached hydrogens (tertiary/aromatic N) is 4. The first-order valence-corrected chi connectivity index (χ1v) is 6.00. The minimum absolute atomic E-state index is 0.0423. The van der Waals surface area contributed by atoms with Crippen molar-refractivity contribution in [1.29, 1.82) is 0 Å². The van der Waals surface area contributed by atoms with Crippen LogP contribution in [0, 0.1) is 0 Å². The van der Waals surface area contributed by atoms with Gasteiger partial charge in [-0.15, -0.1) is 0 Å². The number of hydrogen-bond acceptors (Lipinski definition) is 4. The van der Waals surface area contributed by atoms with E-state index < -0.39 is 0 Å². The first-order valence-electron chi connectivity index (χ1n) is 6.00. The van der Waals surface area contributed by atoms with Crippen LogP contribution in [-0.2, 0) is 19.0 Å². The maximum absolute atomic E-state index is 4.53. The molecule has 0 atom stereocenters. The molecule has 0 bridgehead atoms. The Kier molecular flexibility index (Phi) is 3.32. The smallest absolute Gasteiger partial charge is 0.144 e. The highest BCUT2D eigenvalue weighted by molar-refractivity contribution is 5.34. The number of aromatic nitrogens is 4. The number of rotatable bonds is 3. The maximum Gasteiger partial charge on any atom is 0.144 e. The van der Waals surface area contributed by atoms with Gasteiger partial charge < -0.3 is 5.32 Å². The van der Waals surface area contributed by atoms with E-state index in [2.05, 4.69) is 41.2 Å². The zero-order valence-electron chi connectivity index (χ0n) is 11.3. The molecule has 5 heteroatoms. The first kappa shape index (κ1) is 12.5. The van der Waals surface area contributed by atoms with Gasteiger partial charge in [0.1, 0.15) is 5.82 Å². The summed E-state index contributed by atoms with van der Waals surface area (Å²) >= 11 is 0. The molecule has 2 aromatic rings. The lowest BCUT2D eigenvalue weighted by Gasteiger charge is -2.17. The molecule has 0 saturated heterocycles. The van der Waals surface area contributed by atoms with Gasteiger partial charge >= 0.3 is 0 Å². The monoisotopic (exact) mass is 245 g/mol. The van der Waals surface area contributed by atoms with Crippen molar-refractivity contribution < 1.29 is 0 Å². The molecule has 18 heavy (non-hydrogen) atoms. The topological polar surface area (TPSA) is 55.6 Å². The van der Waals surface area contributed by atoms with E-state index in [4.69, 9.17) is 0 Å². The van der Waals surface area contributed by atoms with Crippen LogP contribution in [0.1, 0.15) is 32.0 Å². The summed E-state index contributed by atoms with van der Waals surface area (Å²) < 4.78 is 1.86. The molecule has 0 aliphatic heterocycles. The molecule has 2 aromatic heterocycles. The lowest BCUT2D eigenvalue weighted by atomic mass is 9.89. The molecule has 0 saturated carbocycles. The van der Waals surface area contributed by atoms with Gasteiger partial charge in [0.2, 0.25) is 0 Å². The molecule has 0 radical (unpaired) electrons. The van der Waals surface area contributed by atoms with E-state index in [-0.39, 0.29) is 5.41 Å². The average molecular weight is 245 g/mol. The Morgan fingerprint density at radius 2 is 2.06 bits per heavy atom. The number of hydrogen-bond donors (Lipinski definition) is 1. The average Bonchev–Trinajstić information content (AvgIpc) is 2.69. The van der Waals surface area contributed by atoms with E-state index in [9.17, 15) is 0 Å². The molecule has 5 nitrogen and oxygen atoms in total. The van der Waals surface area contributed by atoms with E-state index >= 15 is 0 Å². The molecule has 0 aliphatic carbocycles. The van der Waals surface area contributed by atoms with E-state index in [1.807, 2.05) is 17.9 Å². The van der Waals surface area contributed by atoms with Crippen molar-refractivity contribution >= 4 is 5.82 Å². The van der Waals surface area contributed by atoms with E-state index in [0.29, 0.717) is 6.54 Å². The van der Waals surface area contributed by atoms with E-state index in [1.54, 1.807) is 18.6 Å². The summed E-state index contributed by atoms with van der Waals surface area (Å²) in [4.78, 5) is 8.22. The zero-order chi connectivity index (χ0) is 13.2. The summed E-state index contributed by atoms with van der Waals surface area (Å²) in [5, 5.41) is 7.79. The molecular weight excluding hydrogens is 226 g/mol. The third kappa shape index (κ3) is 2.85. The summed E-state index contributed by atoms with van der Waals surface area (Å²) in [5.74, 6) is 0.779. The van der Waals surface area contributed by atoms with Crippen LogP contribution in [0.25, 0.3) is 0 Å². The van der Waals surface area contributed by atoms with Crippen LogP contribution in [0.15, 0.2) is 24.8 Å². The molecule has 2 heterocycles. The second-order valence-corrected chi connectivity index (χ2v) is 5.37. The highest BCUT2D eigenvalue weighted by Crippen LogP contribution is 2.24. The molecular formula is C13H19N5. The van der Waals surface area contributed by atoms with Gasteiger partial charge in [0, 0.05) is 43.2 Å². The highest BCUT2D eigenvalue weighted by atomic mass is 15.3.